The summed E-state index contributed by atoms with van der Waals surface area (Å²) < 4.78 is 11.2. The highest BCUT2D eigenvalue weighted by Crippen LogP contribution is 2.20. The molecule has 4 nitrogen and oxygen atoms in total. The molecule has 0 aliphatic carbocycles. The standard InChI is InChI=1S/C15H20N2O2/c1-11(13-6-4-12(8-16)5-7-13)17-14-9-18-15(2,3)19-10-14/h4-7,11,14,17H,9-10H2,1-3H3. The van der Waals surface area contributed by atoms with Crippen molar-refractivity contribution in [1.82, 2.24) is 5.32 Å². The lowest BCUT2D eigenvalue weighted by Gasteiger charge is -2.36. The molecule has 1 atom stereocenters. The van der Waals surface area contributed by atoms with Crippen LogP contribution in [-0.4, -0.2) is 25.0 Å². The van der Waals surface area contributed by atoms with Crippen LogP contribution >= 0.6 is 0 Å². The summed E-state index contributed by atoms with van der Waals surface area (Å²) in [4.78, 5) is 0. The molecular weight excluding hydrogens is 240 g/mol. The molecule has 1 unspecified atom stereocenters. The molecule has 0 amide bonds. The number of nitrogens with one attached hydrogen (secondary N) is 1. The molecule has 19 heavy (non-hydrogen) atoms. The van der Waals surface area contributed by atoms with Gasteiger partial charge in [0.15, 0.2) is 5.79 Å². The first-order chi connectivity index (χ1) is 9.00. The van der Waals surface area contributed by atoms with Gasteiger partial charge < -0.3 is 14.8 Å². The molecule has 1 aromatic rings. The highest BCUT2D eigenvalue weighted by molar-refractivity contribution is 5.32. The van der Waals surface area contributed by atoms with Gasteiger partial charge in [0, 0.05) is 6.04 Å². The minimum absolute atomic E-state index is 0.193. The Hall–Kier alpha value is -1.41. The molecule has 1 aromatic carbocycles. The minimum atomic E-state index is -0.476. The van der Waals surface area contributed by atoms with E-state index in [4.69, 9.17) is 14.7 Å². The molecule has 1 N–H and O–H groups in total. The molecule has 1 aliphatic rings. The van der Waals surface area contributed by atoms with Gasteiger partial charge in [0.05, 0.1) is 30.9 Å². The summed E-state index contributed by atoms with van der Waals surface area (Å²) >= 11 is 0. The van der Waals surface area contributed by atoms with Crippen LogP contribution in [0.5, 0.6) is 0 Å². The molecule has 1 saturated heterocycles. The molecule has 2 rings (SSSR count). The minimum Gasteiger partial charge on any atom is -0.349 e. The molecule has 1 fully saturated rings. The van der Waals surface area contributed by atoms with E-state index in [1.54, 1.807) is 0 Å². The summed E-state index contributed by atoms with van der Waals surface area (Å²) in [6.07, 6.45) is 0. The first-order valence-electron chi connectivity index (χ1n) is 6.54. The molecule has 1 heterocycles. The van der Waals surface area contributed by atoms with Gasteiger partial charge in [0.1, 0.15) is 0 Å². The molecule has 0 radical (unpaired) electrons. The lowest BCUT2D eigenvalue weighted by atomic mass is 10.1. The topological polar surface area (TPSA) is 54.3 Å². The number of hydrogen-bond donors (Lipinski definition) is 1. The molecule has 0 bridgehead atoms. The summed E-state index contributed by atoms with van der Waals surface area (Å²) in [7, 11) is 0. The van der Waals surface area contributed by atoms with Crippen molar-refractivity contribution in [2.24, 2.45) is 0 Å². The van der Waals surface area contributed by atoms with Crippen LogP contribution in [0.1, 0.15) is 37.9 Å². The quantitative estimate of drug-likeness (QED) is 0.906. The summed E-state index contributed by atoms with van der Waals surface area (Å²) in [6.45, 7) is 7.24. The average molecular weight is 260 g/mol. The fourth-order valence-electron chi connectivity index (χ4n) is 2.08. The van der Waals surface area contributed by atoms with Gasteiger partial charge >= 0.3 is 0 Å². The van der Waals surface area contributed by atoms with Gasteiger partial charge in [-0.25, -0.2) is 0 Å². The van der Waals surface area contributed by atoms with Crippen molar-refractivity contribution < 1.29 is 9.47 Å². The Morgan fingerprint density at radius 1 is 1.26 bits per heavy atom. The molecule has 0 aromatic heterocycles. The van der Waals surface area contributed by atoms with E-state index in [0.717, 1.165) is 5.56 Å². The zero-order chi connectivity index (χ0) is 13.9. The Bertz CT molecular complexity index is 452. The highest BCUT2D eigenvalue weighted by Gasteiger charge is 2.28. The predicted octanol–water partition coefficient (Wildman–Crippen LogP) is 2.36. The second-order valence-corrected chi connectivity index (χ2v) is 5.34. The summed E-state index contributed by atoms with van der Waals surface area (Å²) in [5, 5.41) is 12.3. The van der Waals surface area contributed by atoms with Crippen molar-refractivity contribution in [3.8, 4) is 6.07 Å². The maximum Gasteiger partial charge on any atom is 0.162 e. The van der Waals surface area contributed by atoms with Crippen LogP contribution < -0.4 is 5.32 Å². The average Bonchev–Trinajstić information content (AvgIpc) is 2.41. The Morgan fingerprint density at radius 3 is 2.37 bits per heavy atom. The third-order valence-corrected chi connectivity index (χ3v) is 3.29. The largest absolute Gasteiger partial charge is 0.349 e. The SMILES string of the molecule is CC(NC1COC(C)(C)OC1)c1ccc(C#N)cc1. The van der Waals surface area contributed by atoms with Crippen LogP contribution in [0.4, 0.5) is 0 Å². The second-order valence-electron chi connectivity index (χ2n) is 5.34. The first-order valence-corrected chi connectivity index (χ1v) is 6.54. The zero-order valence-corrected chi connectivity index (χ0v) is 11.6. The predicted molar refractivity (Wildman–Crippen MR) is 72.5 cm³/mol. The fraction of sp³-hybridized carbons (Fsp3) is 0.533. The summed E-state index contributed by atoms with van der Waals surface area (Å²) in [6, 6.07) is 10.1. The van der Waals surface area contributed by atoms with Gasteiger partial charge in [-0.2, -0.15) is 5.26 Å². The Kier molecular flexibility index (Phi) is 4.20. The van der Waals surface area contributed by atoms with Crippen LogP contribution in [0.25, 0.3) is 0 Å². The number of rotatable bonds is 3. The van der Waals surface area contributed by atoms with Crippen molar-refractivity contribution in [2.45, 2.75) is 38.6 Å². The monoisotopic (exact) mass is 260 g/mol. The van der Waals surface area contributed by atoms with Crippen molar-refractivity contribution >= 4 is 0 Å². The highest BCUT2D eigenvalue weighted by atomic mass is 16.7. The van der Waals surface area contributed by atoms with Gasteiger partial charge in [0.25, 0.3) is 0 Å². The van der Waals surface area contributed by atoms with E-state index >= 15 is 0 Å². The van der Waals surface area contributed by atoms with Crippen LogP contribution in [0.15, 0.2) is 24.3 Å². The lowest BCUT2D eigenvalue weighted by molar-refractivity contribution is -0.253. The second kappa shape index (κ2) is 5.70. The maximum atomic E-state index is 8.78. The number of hydrogen-bond acceptors (Lipinski definition) is 4. The lowest BCUT2D eigenvalue weighted by Crippen LogP contribution is -2.49. The Labute approximate surface area is 114 Å². The Balaban J connectivity index is 1.90. The summed E-state index contributed by atoms with van der Waals surface area (Å²) in [5.41, 5.74) is 1.84. The third kappa shape index (κ3) is 3.77. The fourth-order valence-corrected chi connectivity index (χ4v) is 2.08. The van der Waals surface area contributed by atoms with E-state index in [0.29, 0.717) is 18.8 Å². The van der Waals surface area contributed by atoms with E-state index < -0.39 is 5.79 Å². The van der Waals surface area contributed by atoms with Crippen molar-refractivity contribution in [1.29, 1.82) is 5.26 Å². The normalized spacial score (nSPS) is 20.7. The van der Waals surface area contributed by atoms with E-state index in [1.165, 1.54) is 0 Å². The van der Waals surface area contributed by atoms with Gasteiger partial charge in [-0.3, -0.25) is 0 Å². The number of nitrogens with zero attached hydrogens (tertiary/aromatic N) is 1. The maximum absolute atomic E-state index is 8.78. The number of benzene rings is 1. The van der Waals surface area contributed by atoms with Gasteiger partial charge in [-0.15, -0.1) is 0 Å². The molecule has 0 saturated carbocycles. The van der Waals surface area contributed by atoms with E-state index in [2.05, 4.69) is 18.3 Å². The third-order valence-electron chi connectivity index (χ3n) is 3.29. The number of nitriles is 1. The van der Waals surface area contributed by atoms with Crippen molar-refractivity contribution in [3.63, 3.8) is 0 Å². The van der Waals surface area contributed by atoms with Crippen LogP contribution in [-0.2, 0) is 9.47 Å². The first kappa shape index (κ1) is 14.0. The van der Waals surface area contributed by atoms with E-state index in [1.807, 2.05) is 38.1 Å². The van der Waals surface area contributed by atoms with Gasteiger partial charge in [0.2, 0.25) is 0 Å². The molecular formula is C15H20N2O2. The van der Waals surface area contributed by atoms with E-state index in [-0.39, 0.29) is 12.1 Å². The van der Waals surface area contributed by atoms with Crippen LogP contribution in [0.2, 0.25) is 0 Å². The smallest absolute Gasteiger partial charge is 0.162 e. The molecule has 0 spiro atoms. The molecule has 1 aliphatic heterocycles. The van der Waals surface area contributed by atoms with Crippen LogP contribution in [0, 0.1) is 11.3 Å². The zero-order valence-electron chi connectivity index (χ0n) is 11.6. The van der Waals surface area contributed by atoms with E-state index in [9.17, 15) is 0 Å². The summed E-state index contributed by atoms with van der Waals surface area (Å²) in [5.74, 6) is -0.476. The number of ether oxygens (including phenoxy) is 2. The van der Waals surface area contributed by atoms with Gasteiger partial charge in [-0.1, -0.05) is 12.1 Å². The van der Waals surface area contributed by atoms with Crippen molar-refractivity contribution in [2.75, 3.05) is 13.2 Å². The molecule has 4 heteroatoms. The molecule has 102 valence electrons. The van der Waals surface area contributed by atoms with Gasteiger partial charge in [-0.05, 0) is 38.5 Å². The van der Waals surface area contributed by atoms with Crippen molar-refractivity contribution in [3.05, 3.63) is 35.4 Å². The Morgan fingerprint density at radius 2 is 1.84 bits per heavy atom. The van der Waals surface area contributed by atoms with Crippen LogP contribution in [0.3, 0.4) is 0 Å².